The number of nitrogens with one attached hydrogen (secondary N) is 1. The Morgan fingerprint density at radius 1 is 1.47 bits per heavy atom. The molecule has 0 spiro atoms. The molecule has 108 valence electrons. The van der Waals surface area contributed by atoms with E-state index in [4.69, 9.17) is 11.6 Å². The first kappa shape index (κ1) is 14.9. The molecule has 1 aromatic heterocycles. The number of hydrogen-bond acceptors (Lipinski definition) is 2. The molecule has 1 aromatic rings. The fourth-order valence-electron chi connectivity index (χ4n) is 3.27. The van der Waals surface area contributed by atoms with E-state index in [0.717, 1.165) is 30.5 Å². The van der Waals surface area contributed by atoms with Crippen LogP contribution in [-0.4, -0.2) is 16.3 Å². The van der Waals surface area contributed by atoms with Gasteiger partial charge in [-0.2, -0.15) is 5.10 Å². The predicted octanol–water partition coefficient (Wildman–Crippen LogP) is 4.03. The fourth-order valence-corrected chi connectivity index (χ4v) is 3.53. The van der Waals surface area contributed by atoms with Gasteiger partial charge in [-0.1, -0.05) is 31.9 Å². The van der Waals surface area contributed by atoms with Gasteiger partial charge >= 0.3 is 0 Å². The summed E-state index contributed by atoms with van der Waals surface area (Å²) in [7, 11) is 0. The van der Waals surface area contributed by atoms with Gasteiger partial charge in [0, 0.05) is 6.54 Å². The van der Waals surface area contributed by atoms with Crippen LogP contribution in [0.25, 0.3) is 0 Å². The Labute approximate surface area is 121 Å². The monoisotopic (exact) mass is 283 g/mol. The van der Waals surface area contributed by atoms with Crippen LogP contribution in [0.5, 0.6) is 0 Å². The molecule has 1 N–H and O–H groups in total. The van der Waals surface area contributed by atoms with E-state index in [0.29, 0.717) is 12.0 Å². The van der Waals surface area contributed by atoms with Crippen molar-refractivity contribution < 1.29 is 0 Å². The second kappa shape index (κ2) is 6.76. The minimum atomic E-state index is 0.361. The molecule has 0 saturated heterocycles. The smallest absolute Gasteiger partial charge is 0.0834 e. The van der Waals surface area contributed by atoms with Gasteiger partial charge in [0.15, 0.2) is 0 Å². The molecule has 1 fully saturated rings. The van der Waals surface area contributed by atoms with Crippen molar-refractivity contribution in [1.82, 2.24) is 15.1 Å². The summed E-state index contributed by atoms with van der Waals surface area (Å²) < 4.78 is 2.05. The van der Waals surface area contributed by atoms with E-state index >= 15 is 0 Å². The van der Waals surface area contributed by atoms with E-state index < -0.39 is 0 Å². The number of rotatable bonds is 6. The first-order chi connectivity index (χ1) is 9.17. The molecule has 0 aliphatic heterocycles. The van der Waals surface area contributed by atoms with Gasteiger partial charge in [-0.15, -0.1) is 0 Å². The topological polar surface area (TPSA) is 29.9 Å². The SMILES string of the molecule is CCCNC(c1c(Cl)cnn1CC)C1CCC(C)C1. The van der Waals surface area contributed by atoms with Crippen LogP contribution in [0.3, 0.4) is 0 Å². The van der Waals surface area contributed by atoms with E-state index in [1.54, 1.807) is 6.20 Å². The van der Waals surface area contributed by atoms with Crippen molar-refractivity contribution >= 4 is 11.6 Å². The van der Waals surface area contributed by atoms with Gasteiger partial charge in [-0.05, 0) is 44.6 Å². The molecule has 1 heterocycles. The molecule has 1 aliphatic rings. The van der Waals surface area contributed by atoms with Crippen LogP contribution in [0.4, 0.5) is 0 Å². The molecule has 19 heavy (non-hydrogen) atoms. The lowest BCUT2D eigenvalue weighted by Gasteiger charge is -2.26. The maximum Gasteiger partial charge on any atom is 0.0834 e. The zero-order chi connectivity index (χ0) is 13.8. The fraction of sp³-hybridized carbons (Fsp3) is 0.800. The Bertz CT molecular complexity index is 402. The molecule has 1 aliphatic carbocycles. The van der Waals surface area contributed by atoms with Crippen LogP contribution >= 0.6 is 11.6 Å². The van der Waals surface area contributed by atoms with Crippen LogP contribution in [0.2, 0.25) is 5.02 Å². The third kappa shape index (κ3) is 3.32. The first-order valence-electron chi connectivity index (χ1n) is 7.61. The summed E-state index contributed by atoms with van der Waals surface area (Å²) in [6.45, 7) is 8.62. The molecule has 3 atom stereocenters. The minimum absolute atomic E-state index is 0.361. The van der Waals surface area contributed by atoms with E-state index in [1.807, 2.05) is 0 Å². The van der Waals surface area contributed by atoms with Gasteiger partial charge in [0.1, 0.15) is 0 Å². The van der Waals surface area contributed by atoms with Crippen molar-refractivity contribution in [3.8, 4) is 0 Å². The molecule has 2 rings (SSSR count). The molecule has 0 radical (unpaired) electrons. The summed E-state index contributed by atoms with van der Waals surface area (Å²) in [5.41, 5.74) is 1.19. The van der Waals surface area contributed by atoms with Crippen LogP contribution in [0, 0.1) is 11.8 Å². The Morgan fingerprint density at radius 2 is 2.26 bits per heavy atom. The summed E-state index contributed by atoms with van der Waals surface area (Å²) in [6, 6.07) is 0.361. The zero-order valence-corrected chi connectivity index (χ0v) is 13.1. The standard InChI is InChI=1S/C15H26ClN3/c1-4-8-17-14(12-7-6-11(3)9-12)15-13(16)10-18-19(15)5-2/h10-12,14,17H,4-9H2,1-3H3. The van der Waals surface area contributed by atoms with Crippen LogP contribution < -0.4 is 5.32 Å². The molecule has 0 amide bonds. The van der Waals surface area contributed by atoms with Crippen molar-refractivity contribution in [3.05, 3.63) is 16.9 Å². The van der Waals surface area contributed by atoms with E-state index in [9.17, 15) is 0 Å². The summed E-state index contributed by atoms with van der Waals surface area (Å²) in [6.07, 6.45) is 6.88. The molecule has 0 bridgehead atoms. The Balaban J connectivity index is 2.23. The van der Waals surface area contributed by atoms with Gasteiger partial charge < -0.3 is 5.32 Å². The number of hydrogen-bond donors (Lipinski definition) is 1. The minimum Gasteiger partial charge on any atom is -0.308 e. The van der Waals surface area contributed by atoms with Crippen molar-refractivity contribution in [1.29, 1.82) is 0 Å². The molecule has 4 heteroatoms. The van der Waals surface area contributed by atoms with Gasteiger partial charge in [0.05, 0.1) is 23.0 Å². The largest absolute Gasteiger partial charge is 0.308 e. The second-order valence-electron chi connectivity index (χ2n) is 5.80. The van der Waals surface area contributed by atoms with E-state index in [1.165, 1.54) is 25.0 Å². The molecular formula is C15H26ClN3. The third-order valence-corrected chi connectivity index (χ3v) is 4.54. The molecule has 1 saturated carbocycles. The number of aromatic nitrogens is 2. The summed E-state index contributed by atoms with van der Waals surface area (Å²) in [4.78, 5) is 0. The average molecular weight is 284 g/mol. The number of halogens is 1. The van der Waals surface area contributed by atoms with Gasteiger partial charge in [0.2, 0.25) is 0 Å². The van der Waals surface area contributed by atoms with Crippen LogP contribution in [0.15, 0.2) is 6.20 Å². The van der Waals surface area contributed by atoms with Crippen LogP contribution in [0.1, 0.15) is 58.2 Å². The van der Waals surface area contributed by atoms with Crippen molar-refractivity contribution in [3.63, 3.8) is 0 Å². The quantitative estimate of drug-likeness (QED) is 0.854. The van der Waals surface area contributed by atoms with Gasteiger partial charge in [0.25, 0.3) is 0 Å². The second-order valence-corrected chi connectivity index (χ2v) is 6.21. The van der Waals surface area contributed by atoms with Crippen molar-refractivity contribution in [2.45, 2.75) is 59.0 Å². The maximum absolute atomic E-state index is 6.39. The average Bonchev–Trinajstić information content (AvgIpc) is 2.98. The third-order valence-electron chi connectivity index (χ3n) is 4.25. The van der Waals surface area contributed by atoms with Crippen LogP contribution in [-0.2, 0) is 6.54 Å². The molecule has 0 aromatic carbocycles. The molecule has 3 unspecified atom stereocenters. The van der Waals surface area contributed by atoms with E-state index in [-0.39, 0.29) is 0 Å². The predicted molar refractivity (Wildman–Crippen MR) is 80.5 cm³/mol. The zero-order valence-electron chi connectivity index (χ0n) is 12.3. The Hall–Kier alpha value is -0.540. The highest BCUT2D eigenvalue weighted by molar-refractivity contribution is 6.31. The normalized spacial score (nSPS) is 24.8. The summed E-state index contributed by atoms with van der Waals surface area (Å²) in [5, 5.41) is 8.92. The summed E-state index contributed by atoms with van der Waals surface area (Å²) in [5.74, 6) is 1.54. The lowest BCUT2D eigenvalue weighted by Crippen LogP contribution is -2.30. The lowest BCUT2D eigenvalue weighted by atomic mass is 9.94. The van der Waals surface area contributed by atoms with E-state index in [2.05, 4.69) is 35.9 Å². The Morgan fingerprint density at radius 3 is 2.84 bits per heavy atom. The maximum atomic E-state index is 6.39. The highest BCUT2D eigenvalue weighted by Crippen LogP contribution is 2.40. The highest BCUT2D eigenvalue weighted by Gasteiger charge is 2.32. The number of aryl methyl sites for hydroxylation is 1. The Kier molecular flexibility index (Phi) is 5.28. The molecular weight excluding hydrogens is 258 g/mol. The summed E-state index contributed by atoms with van der Waals surface area (Å²) >= 11 is 6.39. The van der Waals surface area contributed by atoms with Crippen molar-refractivity contribution in [2.75, 3.05) is 6.54 Å². The number of nitrogens with zero attached hydrogens (tertiary/aromatic N) is 2. The highest BCUT2D eigenvalue weighted by atomic mass is 35.5. The van der Waals surface area contributed by atoms with Gasteiger partial charge in [-0.25, -0.2) is 0 Å². The first-order valence-corrected chi connectivity index (χ1v) is 7.99. The van der Waals surface area contributed by atoms with Crippen molar-refractivity contribution in [2.24, 2.45) is 11.8 Å². The molecule has 3 nitrogen and oxygen atoms in total. The van der Waals surface area contributed by atoms with Gasteiger partial charge in [-0.3, -0.25) is 4.68 Å². The lowest BCUT2D eigenvalue weighted by molar-refractivity contribution is 0.339.